The van der Waals surface area contributed by atoms with Crippen molar-refractivity contribution >= 4 is 45.2 Å². The van der Waals surface area contributed by atoms with Crippen LogP contribution in [0, 0.1) is 0 Å². The average Bonchev–Trinajstić information content (AvgIpc) is 2.40. The largest absolute Gasteiger partial charge is 0.377 e. The predicted octanol–water partition coefficient (Wildman–Crippen LogP) is 5.15. The molecule has 2 nitrogen and oxygen atoms in total. The van der Waals surface area contributed by atoms with Crippen molar-refractivity contribution in [2.45, 2.75) is 47.8 Å². The van der Waals surface area contributed by atoms with Crippen LogP contribution in [0.25, 0.3) is 0 Å². The Bertz CT molecular complexity index is 336. The van der Waals surface area contributed by atoms with Gasteiger partial charge in [0.15, 0.2) is 0 Å². The predicted molar refractivity (Wildman–Crippen MR) is 102 cm³/mol. The van der Waals surface area contributed by atoms with Crippen LogP contribution in [0.4, 0.5) is 0 Å². The van der Waals surface area contributed by atoms with E-state index in [-0.39, 0.29) is 0 Å². The van der Waals surface area contributed by atoms with Gasteiger partial charge in [-0.25, -0.2) is 0 Å². The number of halogens is 2. The molecule has 0 spiro atoms. The van der Waals surface area contributed by atoms with Crippen molar-refractivity contribution in [2.24, 2.45) is 0 Å². The Morgan fingerprint density at radius 2 is 1.35 bits per heavy atom. The molecular formula is C16H24I2O2. The SMILES string of the molecule is CC(I)CCOCc1cccc(COCCC(C)I)c1. The van der Waals surface area contributed by atoms with Crippen LogP contribution in [0.1, 0.15) is 37.8 Å². The molecule has 1 aromatic carbocycles. The number of hydrogen-bond donors (Lipinski definition) is 0. The molecule has 4 heteroatoms. The van der Waals surface area contributed by atoms with Crippen LogP contribution in [-0.4, -0.2) is 21.1 Å². The van der Waals surface area contributed by atoms with Crippen LogP contribution < -0.4 is 0 Å². The summed E-state index contributed by atoms with van der Waals surface area (Å²) in [6.45, 7) is 7.47. The summed E-state index contributed by atoms with van der Waals surface area (Å²) in [6, 6.07) is 8.49. The van der Waals surface area contributed by atoms with Crippen molar-refractivity contribution in [2.75, 3.05) is 13.2 Å². The lowest BCUT2D eigenvalue weighted by atomic mass is 10.1. The van der Waals surface area contributed by atoms with E-state index in [4.69, 9.17) is 9.47 Å². The maximum Gasteiger partial charge on any atom is 0.0716 e. The lowest BCUT2D eigenvalue weighted by Gasteiger charge is -2.09. The molecule has 0 amide bonds. The van der Waals surface area contributed by atoms with Crippen LogP contribution in [0.2, 0.25) is 0 Å². The van der Waals surface area contributed by atoms with E-state index in [1.54, 1.807) is 0 Å². The lowest BCUT2D eigenvalue weighted by molar-refractivity contribution is 0.115. The first-order valence-corrected chi connectivity index (χ1v) is 9.58. The third kappa shape index (κ3) is 9.52. The molecular weight excluding hydrogens is 478 g/mol. The van der Waals surface area contributed by atoms with Gasteiger partial charge < -0.3 is 9.47 Å². The number of ether oxygens (including phenoxy) is 2. The van der Waals surface area contributed by atoms with Crippen LogP contribution in [0.5, 0.6) is 0 Å². The first-order chi connectivity index (χ1) is 9.58. The van der Waals surface area contributed by atoms with E-state index in [1.807, 2.05) is 0 Å². The van der Waals surface area contributed by atoms with Crippen molar-refractivity contribution < 1.29 is 9.47 Å². The molecule has 0 fully saturated rings. The maximum absolute atomic E-state index is 5.70. The summed E-state index contributed by atoms with van der Waals surface area (Å²) in [5.74, 6) is 0. The smallest absolute Gasteiger partial charge is 0.0716 e. The Hall–Kier alpha value is 0.600. The zero-order chi connectivity index (χ0) is 14.8. The molecule has 0 bridgehead atoms. The van der Waals surface area contributed by atoms with Gasteiger partial charge in [0, 0.05) is 21.1 Å². The molecule has 0 aliphatic heterocycles. The molecule has 0 radical (unpaired) electrons. The first-order valence-electron chi connectivity index (χ1n) is 7.09. The summed E-state index contributed by atoms with van der Waals surface area (Å²) in [5.41, 5.74) is 2.46. The standard InChI is InChI=1S/C16H24I2O2/c1-13(17)6-8-19-11-15-4-3-5-16(10-15)12-20-9-7-14(2)18/h3-5,10,13-14H,6-9,11-12H2,1-2H3. The second kappa shape index (κ2) is 11.2. The Labute approximate surface area is 150 Å². The quantitative estimate of drug-likeness (QED) is 0.251. The van der Waals surface area contributed by atoms with Crippen molar-refractivity contribution in [1.82, 2.24) is 0 Å². The Morgan fingerprint density at radius 3 is 1.75 bits per heavy atom. The average molecular weight is 502 g/mol. The van der Waals surface area contributed by atoms with Gasteiger partial charge in [0.1, 0.15) is 0 Å². The molecule has 0 aliphatic carbocycles. The van der Waals surface area contributed by atoms with E-state index >= 15 is 0 Å². The minimum Gasteiger partial charge on any atom is -0.377 e. The molecule has 0 aromatic heterocycles. The first kappa shape index (κ1) is 18.6. The second-order valence-electron chi connectivity index (χ2n) is 5.06. The highest BCUT2D eigenvalue weighted by molar-refractivity contribution is 14.1. The van der Waals surface area contributed by atoms with Gasteiger partial charge in [0.2, 0.25) is 0 Å². The van der Waals surface area contributed by atoms with Crippen LogP contribution >= 0.6 is 45.2 Å². The van der Waals surface area contributed by atoms with Crippen molar-refractivity contribution in [1.29, 1.82) is 0 Å². The zero-order valence-corrected chi connectivity index (χ0v) is 16.6. The van der Waals surface area contributed by atoms with Crippen molar-refractivity contribution in [3.8, 4) is 0 Å². The van der Waals surface area contributed by atoms with Gasteiger partial charge in [-0.2, -0.15) is 0 Å². The molecule has 20 heavy (non-hydrogen) atoms. The minimum absolute atomic E-state index is 0.674. The molecule has 0 heterocycles. The van der Waals surface area contributed by atoms with Crippen LogP contribution in [0.3, 0.4) is 0 Å². The maximum atomic E-state index is 5.70. The van der Waals surface area contributed by atoms with E-state index in [0.29, 0.717) is 21.1 Å². The van der Waals surface area contributed by atoms with E-state index in [9.17, 15) is 0 Å². The summed E-state index contributed by atoms with van der Waals surface area (Å²) in [5, 5.41) is 0. The molecule has 0 saturated carbocycles. The Balaban J connectivity index is 2.26. The highest BCUT2D eigenvalue weighted by Crippen LogP contribution is 2.11. The molecule has 2 unspecified atom stereocenters. The highest BCUT2D eigenvalue weighted by Gasteiger charge is 2.00. The molecule has 1 aromatic rings. The highest BCUT2D eigenvalue weighted by atomic mass is 127. The molecule has 1 rings (SSSR count). The van der Waals surface area contributed by atoms with E-state index in [2.05, 4.69) is 83.3 Å². The third-order valence-corrected chi connectivity index (χ3v) is 4.09. The van der Waals surface area contributed by atoms with E-state index in [0.717, 1.165) is 26.1 Å². The summed E-state index contributed by atoms with van der Waals surface area (Å²) < 4.78 is 12.7. The van der Waals surface area contributed by atoms with Gasteiger partial charge in [-0.05, 0) is 24.0 Å². The van der Waals surface area contributed by atoms with Crippen molar-refractivity contribution in [3.05, 3.63) is 35.4 Å². The van der Waals surface area contributed by atoms with Crippen LogP contribution in [-0.2, 0) is 22.7 Å². The van der Waals surface area contributed by atoms with Gasteiger partial charge in [-0.1, -0.05) is 83.3 Å². The fourth-order valence-corrected chi connectivity index (χ4v) is 2.19. The number of benzene rings is 1. The summed E-state index contributed by atoms with van der Waals surface area (Å²) in [6.07, 6.45) is 2.22. The molecule has 0 aliphatic rings. The second-order valence-corrected chi connectivity index (χ2v) is 9.32. The monoisotopic (exact) mass is 502 g/mol. The molecule has 2 atom stereocenters. The van der Waals surface area contributed by atoms with Gasteiger partial charge in [-0.15, -0.1) is 0 Å². The summed E-state index contributed by atoms with van der Waals surface area (Å²) in [7, 11) is 0. The van der Waals surface area contributed by atoms with Gasteiger partial charge >= 0.3 is 0 Å². The van der Waals surface area contributed by atoms with Gasteiger partial charge in [0.05, 0.1) is 13.2 Å². The minimum atomic E-state index is 0.674. The number of rotatable bonds is 10. The topological polar surface area (TPSA) is 18.5 Å². The van der Waals surface area contributed by atoms with E-state index < -0.39 is 0 Å². The number of alkyl halides is 2. The molecule has 0 N–H and O–H groups in total. The Morgan fingerprint density at radius 1 is 0.900 bits per heavy atom. The Kier molecular flexibility index (Phi) is 10.4. The fraction of sp³-hybridized carbons (Fsp3) is 0.625. The van der Waals surface area contributed by atoms with Gasteiger partial charge in [0.25, 0.3) is 0 Å². The molecule has 0 saturated heterocycles. The van der Waals surface area contributed by atoms with E-state index in [1.165, 1.54) is 11.1 Å². The lowest BCUT2D eigenvalue weighted by Crippen LogP contribution is -2.02. The van der Waals surface area contributed by atoms with Crippen LogP contribution in [0.15, 0.2) is 24.3 Å². The normalized spacial score (nSPS) is 14.2. The number of hydrogen-bond acceptors (Lipinski definition) is 2. The fourth-order valence-electron chi connectivity index (χ4n) is 1.68. The third-order valence-electron chi connectivity index (χ3n) is 2.85. The summed E-state index contributed by atoms with van der Waals surface area (Å²) >= 11 is 4.86. The molecule has 114 valence electrons. The van der Waals surface area contributed by atoms with Gasteiger partial charge in [-0.3, -0.25) is 0 Å². The zero-order valence-electron chi connectivity index (χ0n) is 12.3. The van der Waals surface area contributed by atoms with Crippen molar-refractivity contribution in [3.63, 3.8) is 0 Å². The summed E-state index contributed by atoms with van der Waals surface area (Å²) in [4.78, 5) is 0.